The van der Waals surface area contributed by atoms with Crippen LogP contribution in [0.15, 0.2) is 72.8 Å². The summed E-state index contributed by atoms with van der Waals surface area (Å²) in [5.74, 6) is 0.607. The van der Waals surface area contributed by atoms with Crippen LogP contribution in [0.25, 0.3) is 11.1 Å². The number of hydrogen-bond acceptors (Lipinski definition) is 5. The van der Waals surface area contributed by atoms with Gasteiger partial charge < -0.3 is 4.74 Å². The maximum atomic E-state index is 13.3. The number of hydrogen-bond donors (Lipinski definition) is 0. The topological polar surface area (TPSA) is 84.7 Å². The first-order valence-electron chi connectivity index (χ1n) is 10.8. The zero-order chi connectivity index (χ0) is 23.0. The van der Waals surface area contributed by atoms with Crippen LogP contribution in [0.1, 0.15) is 18.6 Å². The molecule has 0 N–H and O–H groups in total. The summed E-state index contributed by atoms with van der Waals surface area (Å²) in [5.41, 5.74) is 2.62. The molecule has 0 aromatic heterocycles. The van der Waals surface area contributed by atoms with Gasteiger partial charge in [0, 0.05) is 32.2 Å². The highest BCUT2D eigenvalue weighted by molar-refractivity contribution is 7.54. The first kappa shape index (κ1) is 21.8. The molecule has 0 saturated carbocycles. The van der Waals surface area contributed by atoms with Crippen LogP contribution in [0.4, 0.5) is 5.69 Å². The zero-order valence-electron chi connectivity index (χ0n) is 18.2. The van der Waals surface area contributed by atoms with E-state index in [9.17, 15) is 14.7 Å². The standard InChI is InChI=1S/C24H24N3O5P/c1-18(32-33(30,25-13-14-25)26-15-16-26)21-9-12-23(27(28)29)24(17-21)31-22-10-7-20(8-11-22)19-5-3-2-4-6-19/h2-12,17-18H,13-16H2,1H3/t18-/m1/s1. The summed E-state index contributed by atoms with van der Waals surface area (Å²) in [6.07, 6.45) is -0.513. The van der Waals surface area contributed by atoms with E-state index in [1.165, 1.54) is 6.07 Å². The molecule has 2 fully saturated rings. The minimum absolute atomic E-state index is 0.119. The van der Waals surface area contributed by atoms with Gasteiger partial charge in [-0.05, 0) is 47.9 Å². The lowest BCUT2D eigenvalue weighted by Crippen LogP contribution is -2.10. The van der Waals surface area contributed by atoms with Crippen molar-refractivity contribution in [2.75, 3.05) is 26.2 Å². The van der Waals surface area contributed by atoms with Gasteiger partial charge in [-0.1, -0.05) is 42.5 Å². The van der Waals surface area contributed by atoms with Crippen LogP contribution in [0.2, 0.25) is 0 Å². The van der Waals surface area contributed by atoms with Gasteiger partial charge in [0.2, 0.25) is 5.75 Å². The van der Waals surface area contributed by atoms with E-state index in [1.54, 1.807) is 31.2 Å². The lowest BCUT2D eigenvalue weighted by atomic mass is 10.1. The van der Waals surface area contributed by atoms with Crippen LogP contribution < -0.4 is 4.74 Å². The molecule has 0 bridgehead atoms. The van der Waals surface area contributed by atoms with Crippen LogP contribution >= 0.6 is 7.67 Å². The maximum absolute atomic E-state index is 13.3. The molecule has 1 atom stereocenters. The molecule has 3 aromatic rings. The van der Waals surface area contributed by atoms with Crippen molar-refractivity contribution >= 4 is 13.4 Å². The van der Waals surface area contributed by atoms with Gasteiger partial charge >= 0.3 is 13.4 Å². The predicted molar refractivity (Wildman–Crippen MR) is 125 cm³/mol. The number of nitrogens with zero attached hydrogens (tertiary/aromatic N) is 3. The lowest BCUT2D eigenvalue weighted by molar-refractivity contribution is -0.385. The van der Waals surface area contributed by atoms with Crippen molar-refractivity contribution in [3.8, 4) is 22.6 Å². The lowest BCUT2D eigenvalue weighted by Gasteiger charge is -2.24. The minimum atomic E-state index is -3.02. The monoisotopic (exact) mass is 465 g/mol. The van der Waals surface area contributed by atoms with Crippen molar-refractivity contribution in [1.29, 1.82) is 0 Å². The molecule has 0 amide bonds. The highest BCUT2D eigenvalue weighted by Crippen LogP contribution is 2.63. The quantitative estimate of drug-likeness (QED) is 0.169. The Morgan fingerprint density at radius 1 is 0.909 bits per heavy atom. The van der Waals surface area contributed by atoms with Crippen LogP contribution in [0, 0.1) is 10.1 Å². The Balaban J connectivity index is 1.38. The van der Waals surface area contributed by atoms with E-state index < -0.39 is 18.7 Å². The summed E-state index contributed by atoms with van der Waals surface area (Å²) in [6, 6.07) is 22.0. The fourth-order valence-corrected chi connectivity index (χ4v) is 6.01. The predicted octanol–water partition coefficient (Wildman–Crippen LogP) is 5.87. The molecule has 0 radical (unpaired) electrons. The average molecular weight is 465 g/mol. The Morgan fingerprint density at radius 3 is 2.09 bits per heavy atom. The molecule has 0 unspecified atom stereocenters. The number of benzene rings is 3. The Labute approximate surface area is 192 Å². The number of nitro benzene ring substituents is 1. The molecular formula is C24H24N3O5P. The third kappa shape index (κ3) is 4.70. The van der Waals surface area contributed by atoms with Crippen LogP contribution in [-0.4, -0.2) is 40.4 Å². The summed E-state index contributed by atoms with van der Waals surface area (Å²) in [7, 11) is -3.02. The molecule has 0 spiro atoms. The van der Waals surface area contributed by atoms with E-state index in [4.69, 9.17) is 9.26 Å². The van der Waals surface area contributed by atoms with Gasteiger partial charge in [-0.3, -0.25) is 19.2 Å². The van der Waals surface area contributed by atoms with Crippen LogP contribution in [0.5, 0.6) is 11.5 Å². The first-order chi connectivity index (χ1) is 15.9. The normalized spacial score (nSPS) is 16.9. The van der Waals surface area contributed by atoms with Gasteiger partial charge in [-0.2, -0.15) is 0 Å². The molecule has 33 heavy (non-hydrogen) atoms. The molecule has 8 nitrogen and oxygen atoms in total. The number of rotatable bonds is 9. The molecular weight excluding hydrogens is 441 g/mol. The van der Waals surface area contributed by atoms with Gasteiger partial charge in [0.25, 0.3) is 0 Å². The highest BCUT2D eigenvalue weighted by atomic mass is 31.2. The molecule has 9 heteroatoms. The van der Waals surface area contributed by atoms with E-state index in [0.29, 0.717) is 11.3 Å². The van der Waals surface area contributed by atoms with Crippen molar-refractivity contribution < 1.29 is 18.7 Å². The van der Waals surface area contributed by atoms with Crippen molar-refractivity contribution in [2.45, 2.75) is 13.0 Å². The van der Waals surface area contributed by atoms with Crippen molar-refractivity contribution in [2.24, 2.45) is 0 Å². The summed E-state index contributed by atoms with van der Waals surface area (Å²) in [6.45, 7) is 4.84. The second-order valence-electron chi connectivity index (χ2n) is 8.12. The molecule has 2 heterocycles. The SMILES string of the molecule is C[C@@H](OP(=O)(N1CC1)N1CC1)c1ccc([N+](=O)[O-])c(Oc2ccc(-c3ccccc3)cc2)c1. The smallest absolute Gasteiger partial charge is 0.346 e. The van der Waals surface area contributed by atoms with Crippen molar-refractivity contribution in [1.82, 2.24) is 9.34 Å². The second-order valence-corrected chi connectivity index (χ2v) is 10.4. The number of nitro groups is 1. The third-order valence-corrected chi connectivity index (χ3v) is 8.52. The fraction of sp³-hybridized carbons (Fsp3) is 0.250. The summed E-state index contributed by atoms with van der Waals surface area (Å²) in [5, 5.41) is 11.6. The van der Waals surface area contributed by atoms with Crippen molar-refractivity contribution in [3.63, 3.8) is 0 Å². The second kappa shape index (κ2) is 8.72. The maximum Gasteiger partial charge on any atom is 0.346 e. The first-order valence-corrected chi connectivity index (χ1v) is 12.4. The highest BCUT2D eigenvalue weighted by Gasteiger charge is 2.50. The Kier molecular flexibility index (Phi) is 5.76. The Hall–Kier alpha value is -3.03. The van der Waals surface area contributed by atoms with Gasteiger partial charge in [-0.15, -0.1) is 0 Å². The van der Waals surface area contributed by atoms with Gasteiger partial charge in [0.1, 0.15) is 5.75 Å². The van der Waals surface area contributed by atoms with Gasteiger partial charge in [0.15, 0.2) is 0 Å². The van der Waals surface area contributed by atoms with Crippen molar-refractivity contribution in [3.05, 3.63) is 88.5 Å². The molecule has 5 rings (SSSR count). The Bertz CT molecular complexity index is 1190. The summed E-state index contributed by atoms with van der Waals surface area (Å²) >= 11 is 0. The average Bonchev–Trinajstić information content (AvgIpc) is 3.72. The molecule has 2 saturated heterocycles. The fourth-order valence-electron chi connectivity index (χ4n) is 3.66. The van der Waals surface area contributed by atoms with Gasteiger partial charge in [-0.25, -0.2) is 9.34 Å². The van der Waals surface area contributed by atoms with E-state index >= 15 is 0 Å². The van der Waals surface area contributed by atoms with Gasteiger partial charge in [0.05, 0.1) is 11.0 Å². The van der Waals surface area contributed by atoms with Crippen LogP contribution in [-0.2, 0) is 9.09 Å². The molecule has 0 aliphatic carbocycles. The minimum Gasteiger partial charge on any atom is -0.450 e. The summed E-state index contributed by atoms with van der Waals surface area (Å²) < 4.78 is 28.9. The van der Waals surface area contributed by atoms with E-state index in [2.05, 4.69) is 0 Å². The van der Waals surface area contributed by atoms with E-state index in [1.807, 2.05) is 51.8 Å². The molecule has 2 aliphatic rings. The Morgan fingerprint density at radius 2 is 1.52 bits per heavy atom. The number of ether oxygens (including phenoxy) is 1. The summed E-state index contributed by atoms with van der Waals surface area (Å²) in [4.78, 5) is 11.1. The molecule has 3 aromatic carbocycles. The largest absolute Gasteiger partial charge is 0.450 e. The third-order valence-electron chi connectivity index (χ3n) is 5.70. The zero-order valence-corrected chi connectivity index (χ0v) is 19.1. The van der Waals surface area contributed by atoms with E-state index in [0.717, 1.165) is 37.3 Å². The van der Waals surface area contributed by atoms with E-state index in [-0.39, 0.29) is 11.4 Å². The van der Waals surface area contributed by atoms with Crippen LogP contribution in [0.3, 0.4) is 0 Å². The molecule has 2 aliphatic heterocycles. The molecule has 170 valence electrons.